The lowest BCUT2D eigenvalue weighted by Gasteiger charge is -2.36. The zero-order valence-electron chi connectivity index (χ0n) is 15.6. The van der Waals surface area contributed by atoms with Crippen LogP contribution in [0.4, 0.5) is 5.69 Å². The van der Waals surface area contributed by atoms with E-state index in [0.717, 1.165) is 58.7 Å². The molecule has 2 aromatic rings. The van der Waals surface area contributed by atoms with Crippen molar-refractivity contribution in [1.29, 1.82) is 0 Å². The van der Waals surface area contributed by atoms with Crippen LogP contribution in [0.5, 0.6) is 0 Å². The van der Waals surface area contributed by atoms with Gasteiger partial charge in [0.15, 0.2) is 0 Å². The molecule has 0 bridgehead atoms. The van der Waals surface area contributed by atoms with Crippen LogP contribution in [0.3, 0.4) is 0 Å². The maximum atomic E-state index is 11.7. The second kappa shape index (κ2) is 9.62. The summed E-state index contributed by atoms with van der Waals surface area (Å²) in [5.41, 5.74) is 1.38. The van der Waals surface area contributed by atoms with Crippen molar-refractivity contribution in [2.45, 2.75) is 19.8 Å². The largest absolute Gasteiger partial charge is 0.368 e. The molecule has 0 spiro atoms. The molecule has 0 unspecified atom stereocenters. The summed E-state index contributed by atoms with van der Waals surface area (Å²) in [6.07, 6.45) is 2.22. The smallest absolute Gasteiger partial charge is 0.232 e. The van der Waals surface area contributed by atoms with E-state index in [1.807, 2.05) is 23.2 Å². The summed E-state index contributed by atoms with van der Waals surface area (Å²) in [7, 11) is 0. The molecule has 0 N–H and O–H groups in total. The quantitative estimate of drug-likeness (QED) is 0.550. The second-order valence-corrected chi connectivity index (χ2v) is 8.04. The summed E-state index contributed by atoms with van der Waals surface area (Å²) < 4.78 is 1.38. The highest BCUT2D eigenvalue weighted by molar-refractivity contribution is 7.81. The number of fused-ring (bicyclic) bond motifs is 1. The number of carbonyl (C=O) groups is 1. The highest BCUT2D eigenvalue weighted by Crippen LogP contribution is 2.31. The van der Waals surface area contributed by atoms with Crippen molar-refractivity contribution < 1.29 is 4.79 Å². The maximum Gasteiger partial charge on any atom is 0.232 e. The van der Waals surface area contributed by atoms with Crippen LogP contribution < -0.4 is 4.90 Å². The fraction of sp³-hybridized carbons (Fsp3) is 0.550. The summed E-state index contributed by atoms with van der Waals surface area (Å²) in [4.78, 5) is 18.7. The van der Waals surface area contributed by atoms with Crippen molar-refractivity contribution in [2.75, 3.05) is 56.5 Å². The number of anilines is 1. The van der Waals surface area contributed by atoms with Gasteiger partial charge in [0.05, 0.1) is 5.75 Å². The molecule has 0 aliphatic carbocycles. The van der Waals surface area contributed by atoms with E-state index in [4.69, 9.17) is 0 Å². The normalized spacial score (nSPS) is 15.5. The number of hydrogen-bond donors (Lipinski definition) is 1. The number of benzene rings is 1. The Kier molecular flexibility index (Phi) is 7.23. The average Bonchev–Trinajstić information content (AvgIpc) is 3.17. The van der Waals surface area contributed by atoms with Gasteiger partial charge in [-0.1, -0.05) is 6.07 Å². The number of carbonyl (C=O) groups excluding carboxylic acids is 1. The molecule has 0 atom stereocenters. The Morgan fingerprint density at radius 3 is 2.73 bits per heavy atom. The van der Waals surface area contributed by atoms with Gasteiger partial charge in [0.1, 0.15) is 0 Å². The van der Waals surface area contributed by atoms with Crippen molar-refractivity contribution in [1.82, 2.24) is 9.80 Å². The van der Waals surface area contributed by atoms with E-state index in [-0.39, 0.29) is 5.91 Å². The van der Waals surface area contributed by atoms with Crippen molar-refractivity contribution in [3.05, 3.63) is 29.6 Å². The first-order valence-electron chi connectivity index (χ1n) is 9.55. The van der Waals surface area contributed by atoms with E-state index >= 15 is 0 Å². The minimum absolute atomic E-state index is 0.145. The molecule has 1 aromatic carbocycles. The van der Waals surface area contributed by atoms with Gasteiger partial charge in [-0.15, -0.1) is 11.3 Å². The summed E-state index contributed by atoms with van der Waals surface area (Å²) >= 11 is 5.91. The molecule has 142 valence electrons. The summed E-state index contributed by atoms with van der Waals surface area (Å²) in [5, 5.41) is 3.57. The molecule has 3 rings (SSSR count). The zero-order chi connectivity index (χ0) is 18.4. The van der Waals surface area contributed by atoms with Crippen LogP contribution in [0, 0.1) is 0 Å². The van der Waals surface area contributed by atoms with Crippen LogP contribution >= 0.6 is 24.0 Å². The standard InChI is InChI=1S/C20H29N3OS2/c1-2-22(20(24)16-25)10-4-3-9-21-11-13-23(14-12-21)18-6-5-7-19-17(18)8-15-26-19/h5-8,15,25H,2-4,9-14,16H2,1H3. The number of unbranched alkanes of at least 4 members (excludes halogenated alkanes) is 1. The molecular weight excluding hydrogens is 362 g/mol. The Morgan fingerprint density at radius 2 is 2.00 bits per heavy atom. The molecule has 1 fully saturated rings. The zero-order valence-corrected chi connectivity index (χ0v) is 17.3. The fourth-order valence-corrected chi connectivity index (χ4v) is 4.67. The Hall–Kier alpha value is -1.24. The number of piperazine rings is 1. The predicted octanol–water partition coefficient (Wildman–Crippen LogP) is 3.58. The van der Waals surface area contributed by atoms with Gasteiger partial charge >= 0.3 is 0 Å². The molecule has 1 amide bonds. The Bertz CT molecular complexity index is 710. The Morgan fingerprint density at radius 1 is 1.19 bits per heavy atom. The van der Waals surface area contributed by atoms with Gasteiger partial charge in [-0.2, -0.15) is 12.6 Å². The van der Waals surface area contributed by atoms with Gasteiger partial charge in [0, 0.05) is 55.0 Å². The highest BCUT2D eigenvalue weighted by atomic mass is 32.1. The minimum Gasteiger partial charge on any atom is -0.368 e. The van der Waals surface area contributed by atoms with E-state index in [2.05, 4.69) is 52.1 Å². The van der Waals surface area contributed by atoms with E-state index < -0.39 is 0 Å². The highest BCUT2D eigenvalue weighted by Gasteiger charge is 2.18. The second-order valence-electron chi connectivity index (χ2n) is 6.78. The lowest BCUT2D eigenvalue weighted by molar-refractivity contribution is -0.128. The number of hydrogen-bond acceptors (Lipinski definition) is 5. The molecule has 1 saturated heterocycles. The maximum absolute atomic E-state index is 11.7. The third-order valence-electron chi connectivity index (χ3n) is 5.21. The number of nitrogens with zero attached hydrogens (tertiary/aromatic N) is 3. The van der Waals surface area contributed by atoms with E-state index in [1.54, 1.807) is 0 Å². The SMILES string of the molecule is CCN(CCCCN1CCN(c2cccc3sccc23)CC1)C(=O)CS. The molecule has 1 aliphatic heterocycles. The van der Waals surface area contributed by atoms with E-state index in [1.165, 1.54) is 15.8 Å². The summed E-state index contributed by atoms with van der Waals surface area (Å²) in [6.45, 7) is 9.23. The Balaban J connectivity index is 1.42. The monoisotopic (exact) mass is 391 g/mol. The van der Waals surface area contributed by atoms with Crippen LogP contribution in [0.1, 0.15) is 19.8 Å². The number of thiophene rings is 1. The topological polar surface area (TPSA) is 26.8 Å². The van der Waals surface area contributed by atoms with Crippen LogP contribution in [-0.4, -0.2) is 67.3 Å². The van der Waals surface area contributed by atoms with Crippen LogP contribution in [0.25, 0.3) is 10.1 Å². The van der Waals surface area contributed by atoms with Crippen LogP contribution in [0.15, 0.2) is 29.6 Å². The molecule has 2 heterocycles. The van der Waals surface area contributed by atoms with Crippen molar-refractivity contribution in [3.63, 3.8) is 0 Å². The van der Waals surface area contributed by atoms with Gasteiger partial charge < -0.3 is 9.80 Å². The van der Waals surface area contributed by atoms with Gasteiger partial charge in [-0.3, -0.25) is 9.69 Å². The van der Waals surface area contributed by atoms with Gasteiger partial charge in [0.25, 0.3) is 0 Å². The summed E-state index contributed by atoms with van der Waals surface area (Å²) in [5.74, 6) is 0.458. The molecule has 1 aromatic heterocycles. The lowest BCUT2D eigenvalue weighted by Crippen LogP contribution is -2.46. The van der Waals surface area contributed by atoms with Gasteiger partial charge in [0.2, 0.25) is 5.91 Å². The third kappa shape index (κ3) is 4.72. The molecular formula is C20H29N3OS2. The van der Waals surface area contributed by atoms with E-state index in [0.29, 0.717) is 5.75 Å². The first-order valence-corrected chi connectivity index (χ1v) is 11.1. The minimum atomic E-state index is 0.145. The molecule has 6 heteroatoms. The van der Waals surface area contributed by atoms with Crippen molar-refractivity contribution in [2.24, 2.45) is 0 Å². The first kappa shape index (κ1) is 19.5. The number of amides is 1. The van der Waals surface area contributed by atoms with E-state index in [9.17, 15) is 4.79 Å². The third-order valence-corrected chi connectivity index (χ3v) is 6.36. The lowest BCUT2D eigenvalue weighted by atomic mass is 10.1. The summed E-state index contributed by atoms with van der Waals surface area (Å²) in [6, 6.07) is 8.87. The number of rotatable bonds is 8. The molecule has 1 aliphatic rings. The fourth-order valence-electron chi connectivity index (χ4n) is 3.66. The molecule has 4 nitrogen and oxygen atoms in total. The van der Waals surface area contributed by atoms with Crippen LogP contribution in [0.2, 0.25) is 0 Å². The number of thiol groups is 1. The molecule has 0 radical (unpaired) electrons. The predicted molar refractivity (Wildman–Crippen MR) is 116 cm³/mol. The van der Waals surface area contributed by atoms with Gasteiger partial charge in [-0.25, -0.2) is 0 Å². The molecule has 0 saturated carbocycles. The van der Waals surface area contributed by atoms with Gasteiger partial charge in [-0.05, 0) is 49.9 Å². The van der Waals surface area contributed by atoms with Crippen molar-refractivity contribution in [3.8, 4) is 0 Å². The van der Waals surface area contributed by atoms with Crippen LogP contribution in [-0.2, 0) is 4.79 Å². The molecule has 26 heavy (non-hydrogen) atoms. The van der Waals surface area contributed by atoms with Crippen molar-refractivity contribution >= 4 is 45.6 Å². The average molecular weight is 392 g/mol. The Labute approximate surface area is 166 Å². The first-order chi connectivity index (χ1) is 12.7.